The largest absolute Gasteiger partial charge is 0.508 e. The van der Waals surface area contributed by atoms with E-state index < -0.39 is 5.91 Å². The van der Waals surface area contributed by atoms with Crippen LogP contribution in [0.2, 0.25) is 0 Å². The Morgan fingerprint density at radius 1 is 1.13 bits per heavy atom. The zero-order chi connectivity index (χ0) is 16.4. The number of carbonyl (C=O) groups is 2. The third-order valence-electron chi connectivity index (χ3n) is 3.30. The molecule has 1 fully saturated rings. The quantitative estimate of drug-likeness (QED) is 0.872. The van der Waals surface area contributed by atoms with Gasteiger partial charge in [-0.15, -0.1) is 0 Å². The van der Waals surface area contributed by atoms with Crippen molar-refractivity contribution in [3.05, 3.63) is 59.0 Å². The van der Waals surface area contributed by atoms with Crippen LogP contribution in [0.4, 0.5) is 10.5 Å². The van der Waals surface area contributed by atoms with Crippen molar-refractivity contribution in [2.45, 2.75) is 0 Å². The molecular weight excluding hydrogens is 314 g/mol. The van der Waals surface area contributed by atoms with Gasteiger partial charge in [0.25, 0.3) is 11.1 Å². The topological polar surface area (TPSA) is 66.8 Å². The first-order valence-electron chi connectivity index (χ1n) is 6.79. The Kier molecular flexibility index (Phi) is 4.08. The van der Waals surface area contributed by atoms with E-state index in [4.69, 9.17) is 4.74 Å². The van der Waals surface area contributed by atoms with Crippen LogP contribution in [-0.2, 0) is 4.79 Å². The van der Waals surface area contributed by atoms with E-state index >= 15 is 0 Å². The number of nitrogens with zero attached hydrogens (tertiary/aromatic N) is 1. The zero-order valence-corrected chi connectivity index (χ0v) is 13.0. The summed E-state index contributed by atoms with van der Waals surface area (Å²) in [5.41, 5.74) is 1.15. The molecule has 0 saturated carbocycles. The molecule has 5 nitrogen and oxygen atoms in total. The van der Waals surface area contributed by atoms with Crippen LogP contribution >= 0.6 is 11.8 Å². The van der Waals surface area contributed by atoms with Crippen LogP contribution in [-0.4, -0.2) is 23.4 Å². The molecule has 1 saturated heterocycles. The number of benzene rings is 2. The van der Waals surface area contributed by atoms with E-state index in [2.05, 4.69) is 0 Å². The van der Waals surface area contributed by atoms with E-state index in [-0.39, 0.29) is 11.0 Å². The van der Waals surface area contributed by atoms with Gasteiger partial charge in [0.2, 0.25) is 0 Å². The second kappa shape index (κ2) is 6.18. The second-order valence-electron chi connectivity index (χ2n) is 4.81. The van der Waals surface area contributed by atoms with Crippen molar-refractivity contribution in [3.8, 4) is 11.5 Å². The Bertz CT molecular complexity index is 798. The molecule has 1 heterocycles. The highest BCUT2D eigenvalue weighted by Gasteiger charge is 2.36. The molecule has 1 N–H and O–H groups in total. The van der Waals surface area contributed by atoms with Crippen LogP contribution < -0.4 is 9.64 Å². The van der Waals surface area contributed by atoms with Gasteiger partial charge in [-0.3, -0.25) is 9.59 Å². The van der Waals surface area contributed by atoms with Crippen molar-refractivity contribution < 1.29 is 19.4 Å². The highest BCUT2D eigenvalue weighted by atomic mass is 32.2. The van der Waals surface area contributed by atoms with Gasteiger partial charge in [-0.05, 0) is 47.7 Å². The van der Waals surface area contributed by atoms with Crippen molar-refractivity contribution in [3.63, 3.8) is 0 Å². The Labute approximate surface area is 137 Å². The molecule has 0 atom stereocenters. The molecule has 1 aliphatic heterocycles. The number of phenolic OH excluding ortho intramolecular Hbond substituents is 1. The maximum Gasteiger partial charge on any atom is 0.298 e. The summed E-state index contributed by atoms with van der Waals surface area (Å²) in [6.45, 7) is 0. The van der Waals surface area contributed by atoms with E-state index in [0.717, 1.165) is 28.0 Å². The smallest absolute Gasteiger partial charge is 0.298 e. The van der Waals surface area contributed by atoms with Crippen molar-refractivity contribution in [2.75, 3.05) is 12.0 Å². The van der Waals surface area contributed by atoms with Crippen LogP contribution in [0.1, 0.15) is 5.56 Å². The number of amides is 2. The van der Waals surface area contributed by atoms with Crippen molar-refractivity contribution in [1.82, 2.24) is 0 Å². The fourth-order valence-electron chi connectivity index (χ4n) is 2.17. The Morgan fingerprint density at radius 3 is 2.52 bits per heavy atom. The molecule has 3 rings (SSSR count). The summed E-state index contributed by atoms with van der Waals surface area (Å²) in [7, 11) is 1.58. The van der Waals surface area contributed by atoms with Gasteiger partial charge in [-0.1, -0.05) is 18.2 Å². The number of hydrogen-bond donors (Lipinski definition) is 1. The van der Waals surface area contributed by atoms with Crippen LogP contribution in [0, 0.1) is 0 Å². The molecule has 116 valence electrons. The van der Waals surface area contributed by atoms with E-state index in [0.29, 0.717) is 10.6 Å². The SMILES string of the molecule is COc1ccc(/C=C2\SC(=O)N(c3cccc(O)c3)C2=O)cc1. The van der Waals surface area contributed by atoms with Gasteiger partial charge < -0.3 is 9.84 Å². The minimum atomic E-state index is -0.401. The first-order chi connectivity index (χ1) is 11.1. The molecule has 2 aromatic carbocycles. The van der Waals surface area contributed by atoms with Gasteiger partial charge in [-0.2, -0.15) is 0 Å². The van der Waals surface area contributed by atoms with E-state index in [1.165, 1.54) is 12.1 Å². The van der Waals surface area contributed by atoms with E-state index in [1.54, 1.807) is 49.6 Å². The second-order valence-corrected chi connectivity index (χ2v) is 5.80. The number of imide groups is 1. The third kappa shape index (κ3) is 3.07. The van der Waals surface area contributed by atoms with Crippen molar-refractivity contribution in [2.24, 2.45) is 0 Å². The predicted octanol–water partition coefficient (Wildman–Crippen LogP) is 3.64. The molecular formula is C17H13NO4S. The normalized spacial score (nSPS) is 16.2. The van der Waals surface area contributed by atoms with Crippen LogP contribution in [0.5, 0.6) is 11.5 Å². The Morgan fingerprint density at radius 2 is 1.87 bits per heavy atom. The highest BCUT2D eigenvalue weighted by molar-refractivity contribution is 8.19. The molecule has 2 aromatic rings. The van der Waals surface area contributed by atoms with Crippen LogP contribution in [0.15, 0.2) is 53.4 Å². The average molecular weight is 327 g/mol. The molecule has 0 unspecified atom stereocenters. The third-order valence-corrected chi connectivity index (χ3v) is 4.16. The summed E-state index contributed by atoms with van der Waals surface area (Å²) in [5.74, 6) is 0.317. The number of anilines is 1. The van der Waals surface area contributed by atoms with Crippen molar-refractivity contribution in [1.29, 1.82) is 0 Å². The lowest BCUT2D eigenvalue weighted by Gasteiger charge is -2.12. The molecule has 2 amide bonds. The zero-order valence-electron chi connectivity index (χ0n) is 12.2. The fourth-order valence-corrected chi connectivity index (χ4v) is 3.02. The van der Waals surface area contributed by atoms with Crippen molar-refractivity contribution >= 4 is 34.7 Å². The first kappa shape index (κ1) is 15.2. The standard InChI is InChI=1S/C17H13NO4S/c1-22-14-7-5-11(6-8-14)9-15-16(20)18(17(21)23-15)12-3-2-4-13(19)10-12/h2-10,19H,1H3/b15-9-. The number of aromatic hydroxyl groups is 1. The molecule has 6 heteroatoms. The summed E-state index contributed by atoms with van der Waals surface area (Å²) in [4.78, 5) is 26.0. The van der Waals surface area contributed by atoms with Gasteiger partial charge in [-0.25, -0.2) is 4.90 Å². The van der Waals surface area contributed by atoms with Gasteiger partial charge in [0.05, 0.1) is 17.7 Å². The molecule has 0 radical (unpaired) electrons. The summed E-state index contributed by atoms with van der Waals surface area (Å²) in [6, 6.07) is 13.2. The molecule has 1 aliphatic rings. The van der Waals surface area contributed by atoms with E-state index in [9.17, 15) is 14.7 Å². The molecule has 0 aromatic heterocycles. The number of carbonyl (C=O) groups excluding carboxylic acids is 2. The lowest BCUT2D eigenvalue weighted by atomic mass is 10.2. The molecule has 0 bridgehead atoms. The summed E-state index contributed by atoms with van der Waals surface area (Å²) in [5, 5.41) is 9.13. The number of methoxy groups -OCH3 is 1. The number of hydrogen-bond acceptors (Lipinski definition) is 5. The summed E-state index contributed by atoms with van der Waals surface area (Å²) < 4.78 is 5.08. The van der Waals surface area contributed by atoms with Crippen LogP contribution in [0.3, 0.4) is 0 Å². The Balaban J connectivity index is 1.89. The molecule has 0 aliphatic carbocycles. The minimum absolute atomic E-state index is 0.000633. The van der Waals surface area contributed by atoms with Gasteiger partial charge in [0, 0.05) is 6.07 Å². The Hall–Kier alpha value is -2.73. The van der Waals surface area contributed by atoms with Gasteiger partial charge in [0.15, 0.2) is 0 Å². The average Bonchev–Trinajstić information content (AvgIpc) is 2.82. The molecule has 0 spiro atoms. The summed E-state index contributed by atoms with van der Waals surface area (Å²) >= 11 is 0.873. The number of phenols is 1. The fraction of sp³-hybridized carbons (Fsp3) is 0.0588. The number of rotatable bonds is 3. The first-order valence-corrected chi connectivity index (χ1v) is 7.61. The number of thioether (sulfide) groups is 1. The van der Waals surface area contributed by atoms with Gasteiger partial charge >= 0.3 is 0 Å². The minimum Gasteiger partial charge on any atom is -0.508 e. The lowest BCUT2D eigenvalue weighted by Crippen LogP contribution is -2.27. The monoisotopic (exact) mass is 327 g/mol. The highest BCUT2D eigenvalue weighted by Crippen LogP contribution is 2.36. The van der Waals surface area contributed by atoms with Gasteiger partial charge in [0.1, 0.15) is 11.5 Å². The number of ether oxygens (including phenoxy) is 1. The maximum atomic E-state index is 12.5. The van der Waals surface area contributed by atoms with Crippen LogP contribution in [0.25, 0.3) is 6.08 Å². The lowest BCUT2D eigenvalue weighted by molar-refractivity contribution is -0.113. The predicted molar refractivity (Wildman–Crippen MR) is 89.6 cm³/mol. The maximum absolute atomic E-state index is 12.5. The van der Waals surface area contributed by atoms with E-state index in [1.807, 2.05) is 0 Å². The summed E-state index contributed by atoms with van der Waals surface area (Å²) in [6.07, 6.45) is 1.66. The molecule has 23 heavy (non-hydrogen) atoms.